The number of nitrogens with one attached hydrogen (secondary N) is 1. The molecule has 0 aliphatic heterocycles. The van der Waals surface area contributed by atoms with Gasteiger partial charge in [0.05, 0.1) is 13.2 Å². The maximum absolute atomic E-state index is 12.0. The number of esters is 1. The van der Waals surface area contributed by atoms with E-state index < -0.39 is 26.5 Å². The molecule has 0 rings (SSSR count). The predicted molar refractivity (Wildman–Crippen MR) is 165 cm³/mol. The van der Waals surface area contributed by atoms with Gasteiger partial charge in [0.15, 0.2) is 0 Å². The second kappa shape index (κ2) is 29.1. The average Bonchev–Trinajstić information content (AvgIpc) is 2.95. The van der Waals surface area contributed by atoms with E-state index in [-0.39, 0.29) is 32.1 Å². The van der Waals surface area contributed by atoms with Gasteiger partial charge < -0.3 is 20.1 Å². The second-order valence-electron chi connectivity index (χ2n) is 11.1. The van der Waals surface area contributed by atoms with E-state index in [9.17, 15) is 24.2 Å². The lowest BCUT2D eigenvalue weighted by atomic mass is 10.1. The van der Waals surface area contributed by atoms with Crippen LogP contribution < -0.4 is 5.32 Å². The van der Waals surface area contributed by atoms with Crippen LogP contribution in [0, 0.1) is 0 Å². The molecule has 0 bridgehead atoms. The molecule has 0 radical (unpaired) electrons. The van der Waals surface area contributed by atoms with Crippen LogP contribution in [-0.4, -0.2) is 54.3 Å². The van der Waals surface area contributed by atoms with Crippen molar-refractivity contribution in [3.63, 3.8) is 0 Å². The zero-order valence-corrected chi connectivity index (χ0v) is 27.1. The highest BCUT2D eigenvalue weighted by Crippen LogP contribution is 2.42. The zero-order valence-electron chi connectivity index (χ0n) is 26.3. The number of amides is 1. The Kier molecular flexibility index (Phi) is 28.4. The molecular weight excluding hydrogens is 545 g/mol. The van der Waals surface area contributed by atoms with Gasteiger partial charge in [0, 0.05) is 19.4 Å². The Balaban J connectivity index is 3.65. The number of ether oxygens (including phenoxy) is 1. The summed E-state index contributed by atoms with van der Waals surface area (Å²) in [5.74, 6) is -0.516. The maximum atomic E-state index is 12.0. The Morgan fingerprint density at radius 1 is 0.659 bits per heavy atom. The number of aliphatic hydroxyl groups is 1. The minimum absolute atomic E-state index is 0.0869. The summed E-state index contributed by atoms with van der Waals surface area (Å²) in [6, 6.07) is 0. The minimum Gasteiger partial charge on any atom is -0.463 e. The standard InChI is InChI=1S/C31H62NO8P/c1-3-5-7-9-11-13-15-17-19-21-23-30(34)32-25-26-39-41(36,37)40-28-29(33)27-38-31(35)24-22-20-18-16-14-12-10-8-6-4-2/h29,33H,3-28H2,1-2H3,(H,32,34)(H,36,37). The van der Waals surface area contributed by atoms with Gasteiger partial charge in [-0.25, -0.2) is 4.57 Å². The molecule has 10 heteroatoms. The Hall–Kier alpha value is -0.990. The molecule has 3 N–H and O–H groups in total. The van der Waals surface area contributed by atoms with Gasteiger partial charge in [-0.3, -0.25) is 18.6 Å². The monoisotopic (exact) mass is 607 g/mol. The fourth-order valence-corrected chi connectivity index (χ4v) is 5.25. The van der Waals surface area contributed by atoms with Crippen LogP contribution in [-0.2, 0) is 27.9 Å². The number of phosphoric acid groups is 1. The van der Waals surface area contributed by atoms with Gasteiger partial charge in [0.1, 0.15) is 12.7 Å². The fourth-order valence-electron chi connectivity index (χ4n) is 4.50. The number of unbranched alkanes of at least 4 members (excludes halogenated alkanes) is 18. The van der Waals surface area contributed by atoms with Crippen molar-refractivity contribution in [1.29, 1.82) is 0 Å². The lowest BCUT2D eigenvalue weighted by Crippen LogP contribution is -2.27. The highest BCUT2D eigenvalue weighted by molar-refractivity contribution is 7.47. The van der Waals surface area contributed by atoms with Gasteiger partial charge in [-0.05, 0) is 12.8 Å². The van der Waals surface area contributed by atoms with E-state index in [4.69, 9.17) is 13.8 Å². The summed E-state index contributed by atoms with van der Waals surface area (Å²) in [6.07, 6.45) is 23.2. The molecule has 0 heterocycles. The number of carbonyl (C=O) groups excluding carboxylic acids is 2. The summed E-state index contributed by atoms with van der Waals surface area (Å²) in [7, 11) is -4.39. The lowest BCUT2D eigenvalue weighted by Gasteiger charge is -2.15. The highest BCUT2D eigenvalue weighted by Gasteiger charge is 2.23. The molecule has 0 fully saturated rings. The van der Waals surface area contributed by atoms with Crippen LogP contribution in [0.5, 0.6) is 0 Å². The van der Waals surface area contributed by atoms with E-state index in [1.165, 1.54) is 89.9 Å². The normalized spacial score (nSPS) is 13.6. The number of carbonyl (C=O) groups is 2. The maximum Gasteiger partial charge on any atom is 0.472 e. The first-order valence-corrected chi connectivity index (χ1v) is 18.0. The van der Waals surface area contributed by atoms with E-state index in [0.29, 0.717) is 6.42 Å². The molecule has 0 aromatic carbocycles. The second-order valence-corrected chi connectivity index (χ2v) is 12.6. The molecule has 41 heavy (non-hydrogen) atoms. The molecule has 1 amide bonds. The number of rotatable bonds is 31. The van der Waals surface area contributed by atoms with Crippen LogP contribution in [0.4, 0.5) is 0 Å². The van der Waals surface area contributed by atoms with Crippen molar-refractivity contribution in [3.05, 3.63) is 0 Å². The molecule has 0 aliphatic rings. The summed E-state index contributed by atoms with van der Waals surface area (Å²) < 4.78 is 26.6. The largest absolute Gasteiger partial charge is 0.472 e. The van der Waals surface area contributed by atoms with Crippen LogP contribution in [0.3, 0.4) is 0 Å². The molecule has 0 spiro atoms. The van der Waals surface area contributed by atoms with Crippen molar-refractivity contribution in [1.82, 2.24) is 5.32 Å². The zero-order chi connectivity index (χ0) is 30.4. The molecule has 0 aromatic heterocycles. The first-order valence-electron chi connectivity index (χ1n) is 16.5. The Labute approximate surface area is 250 Å². The van der Waals surface area contributed by atoms with E-state index in [0.717, 1.165) is 38.5 Å². The molecule has 0 aromatic rings. The van der Waals surface area contributed by atoms with Crippen LogP contribution in [0.15, 0.2) is 0 Å². The summed E-state index contributed by atoms with van der Waals surface area (Å²) in [4.78, 5) is 33.5. The van der Waals surface area contributed by atoms with E-state index in [1.54, 1.807) is 0 Å². The molecule has 0 aliphatic carbocycles. The van der Waals surface area contributed by atoms with Crippen molar-refractivity contribution >= 4 is 19.7 Å². The number of hydrogen-bond donors (Lipinski definition) is 3. The minimum atomic E-state index is -4.39. The van der Waals surface area contributed by atoms with E-state index >= 15 is 0 Å². The molecule has 0 saturated heterocycles. The third kappa shape index (κ3) is 30.3. The third-order valence-electron chi connectivity index (χ3n) is 7.04. The molecular formula is C31H62NO8P. The number of phosphoric ester groups is 1. The van der Waals surface area contributed by atoms with E-state index in [2.05, 4.69) is 19.2 Å². The molecule has 2 unspecified atom stereocenters. The molecule has 2 atom stereocenters. The summed E-state index contributed by atoms with van der Waals surface area (Å²) >= 11 is 0. The van der Waals surface area contributed by atoms with Gasteiger partial charge in [-0.2, -0.15) is 0 Å². The summed E-state index contributed by atoms with van der Waals surface area (Å²) in [5.41, 5.74) is 0. The summed E-state index contributed by atoms with van der Waals surface area (Å²) in [5, 5.41) is 12.6. The van der Waals surface area contributed by atoms with Crippen molar-refractivity contribution < 1.29 is 37.9 Å². The van der Waals surface area contributed by atoms with Gasteiger partial charge in [-0.15, -0.1) is 0 Å². The van der Waals surface area contributed by atoms with Gasteiger partial charge >= 0.3 is 13.8 Å². The van der Waals surface area contributed by atoms with Crippen LogP contribution in [0.2, 0.25) is 0 Å². The number of aliphatic hydroxyl groups excluding tert-OH is 1. The molecule has 244 valence electrons. The lowest BCUT2D eigenvalue weighted by molar-refractivity contribution is -0.147. The van der Waals surface area contributed by atoms with Crippen molar-refractivity contribution in [2.24, 2.45) is 0 Å². The van der Waals surface area contributed by atoms with Crippen molar-refractivity contribution in [2.45, 2.75) is 161 Å². The quantitative estimate of drug-likeness (QED) is 0.0414. The predicted octanol–water partition coefficient (Wildman–Crippen LogP) is 7.76. The first-order chi connectivity index (χ1) is 19.8. The van der Waals surface area contributed by atoms with Crippen LogP contribution in [0.1, 0.15) is 155 Å². The van der Waals surface area contributed by atoms with Gasteiger partial charge in [0.2, 0.25) is 5.91 Å². The topological polar surface area (TPSA) is 131 Å². The third-order valence-corrected chi connectivity index (χ3v) is 8.02. The van der Waals surface area contributed by atoms with Crippen LogP contribution >= 0.6 is 7.82 Å². The van der Waals surface area contributed by atoms with E-state index in [1.807, 2.05) is 0 Å². The van der Waals surface area contributed by atoms with Crippen molar-refractivity contribution in [3.8, 4) is 0 Å². The first kappa shape index (κ1) is 40.0. The summed E-state index contributed by atoms with van der Waals surface area (Å²) in [6.45, 7) is 3.51. The SMILES string of the molecule is CCCCCCCCCCCCC(=O)NCCOP(=O)(O)OCC(O)COC(=O)CCCCCCCCCCCC. The Morgan fingerprint density at radius 3 is 1.59 bits per heavy atom. The Morgan fingerprint density at radius 2 is 1.10 bits per heavy atom. The number of hydrogen-bond acceptors (Lipinski definition) is 7. The fraction of sp³-hybridized carbons (Fsp3) is 0.935. The average molecular weight is 608 g/mol. The van der Waals surface area contributed by atoms with Crippen LogP contribution in [0.25, 0.3) is 0 Å². The van der Waals surface area contributed by atoms with Gasteiger partial charge in [-0.1, -0.05) is 129 Å². The molecule has 9 nitrogen and oxygen atoms in total. The smallest absolute Gasteiger partial charge is 0.463 e. The molecule has 0 saturated carbocycles. The van der Waals surface area contributed by atoms with Crippen molar-refractivity contribution in [2.75, 3.05) is 26.4 Å². The Bertz CT molecular complexity index is 664. The highest BCUT2D eigenvalue weighted by atomic mass is 31.2. The van der Waals surface area contributed by atoms with Gasteiger partial charge in [0.25, 0.3) is 0 Å².